The number of aryl methyl sites for hydroxylation is 2. The number of hydrazine groups is 1. The van der Waals surface area contributed by atoms with E-state index in [4.69, 9.17) is 5.84 Å². The van der Waals surface area contributed by atoms with Crippen molar-refractivity contribution in [3.05, 3.63) is 34.4 Å². The zero-order valence-electron chi connectivity index (χ0n) is 13.0. The van der Waals surface area contributed by atoms with Crippen LogP contribution < -0.4 is 11.3 Å². The summed E-state index contributed by atoms with van der Waals surface area (Å²) in [6.45, 7) is 11.3. The third-order valence-corrected chi connectivity index (χ3v) is 4.39. The molecule has 0 bridgehead atoms. The molecular weight excluding hydrogens is 232 g/mol. The van der Waals surface area contributed by atoms with E-state index in [0.717, 1.165) is 12.3 Å². The van der Waals surface area contributed by atoms with Crippen LogP contribution >= 0.6 is 0 Å². The van der Waals surface area contributed by atoms with Crippen LogP contribution in [0, 0.1) is 19.8 Å². The van der Waals surface area contributed by atoms with Gasteiger partial charge in [-0.05, 0) is 66.7 Å². The predicted molar refractivity (Wildman–Crippen MR) is 82.2 cm³/mol. The summed E-state index contributed by atoms with van der Waals surface area (Å²) in [4.78, 5) is 0. The largest absolute Gasteiger partial charge is 0.271 e. The first-order chi connectivity index (χ1) is 8.82. The predicted octanol–water partition coefficient (Wildman–Crippen LogP) is 3.39. The lowest BCUT2D eigenvalue weighted by molar-refractivity contribution is 0.470. The Hall–Kier alpha value is -0.860. The molecule has 106 valence electrons. The maximum atomic E-state index is 5.71. The van der Waals surface area contributed by atoms with E-state index in [0.29, 0.717) is 6.04 Å². The highest BCUT2D eigenvalue weighted by molar-refractivity contribution is 5.41. The molecule has 1 aromatic rings. The van der Waals surface area contributed by atoms with Gasteiger partial charge in [0.25, 0.3) is 0 Å². The first kappa shape index (κ1) is 14.5. The van der Waals surface area contributed by atoms with Gasteiger partial charge in [-0.3, -0.25) is 11.3 Å². The van der Waals surface area contributed by atoms with Crippen LogP contribution in [0.1, 0.15) is 55.9 Å². The Kier molecular flexibility index (Phi) is 4.03. The summed E-state index contributed by atoms with van der Waals surface area (Å²) in [7, 11) is 0. The van der Waals surface area contributed by atoms with Crippen molar-refractivity contribution >= 4 is 0 Å². The second kappa shape index (κ2) is 5.26. The van der Waals surface area contributed by atoms with Crippen LogP contribution in [0.2, 0.25) is 0 Å². The molecule has 0 heterocycles. The second-order valence-corrected chi connectivity index (χ2v) is 7.15. The maximum absolute atomic E-state index is 5.71. The first-order valence-electron chi connectivity index (χ1n) is 7.39. The minimum atomic E-state index is 0.218. The van der Waals surface area contributed by atoms with E-state index in [1.165, 1.54) is 35.1 Å². The Bertz CT molecular complexity index is 430. The highest BCUT2D eigenvalue weighted by Gasteiger charge is 2.31. The Morgan fingerprint density at radius 1 is 1.21 bits per heavy atom. The molecule has 0 aliphatic heterocycles. The molecule has 1 aliphatic carbocycles. The Labute approximate surface area is 117 Å². The lowest BCUT2D eigenvalue weighted by Crippen LogP contribution is -2.38. The van der Waals surface area contributed by atoms with E-state index in [2.05, 4.69) is 52.2 Å². The van der Waals surface area contributed by atoms with Crippen molar-refractivity contribution in [1.82, 2.24) is 5.43 Å². The van der Waals surface area contributed by atoms with Crippen molar-refractivity contribution in [1.29, 1.82) is 0 Å². The van der Waals surface area contributed by atoms with Crippen molar-refractivity contribution in [2.45, 2.75) is 65.3 Å². The molecule has 0 spiro atoms. The monoisotopic (exact) mass is 260 g/mol. The topological polar surface area (TPSA) is 38.0 Å². The van der Waals surface area contributed by atoms with Gasteiger partial charge in [0, 0.05) is 6.04 Å². The van der Waals surface area contributed by atoms with Crippen LogP contribution in [-0.2, 0) is 11.8 Å². The normalized spacial score (nSPS) is 17.6. The van der Waals surface area contributed by atoms with Crippen LogP contribution in [0.25, 0.3) is 0 Å². The van der Waals surface area contributed by atoms with Crippen molar-refractivity contribution in [2.75, 3.05) is 0 Å². The molecule has 1 saturated carbocycles. The van der Waals surface area contributed by atoms with E-state index >= 15 is 0 Å². The highest BCUT2D eigenvalue weighted by atomic mass is 15.2. The summed E-state index contributed by atoms with van der Waals surface area (Å²) in [6.07, 6.45) is 3.71. The standard InChI is InChI=1S/C17H28N2/c1-11-8-14(17(3,4)5)9-12(2)15(11)10-16(19-18)13-6-7-13/h8-9,13,16,19H,6-7,10,18H2,1-5H3. The fourth-order valence-electron chi connectivity index (χ4n) is 2.83. The molecule has 2 rings (SSSR count). The zero-order chi connectivity index (χ0) is 14.2. The highest BCUT2D eigenvalue weighted by Crippen LogP contribution is 2.35. The SMILES string of the molecule is Cc1cc(C(C)(C)C)cc(C)c1CC(NN)C1CC1. The van der Waals surface area contributed by atoms with E-state index in [1.54, 1.807) is 0 Å². The number of nitrogens with two attached hydrogens (primary N) is 1. The summed E-state index contributed by atoms with van der Waals surface area (Å²) >= 11 is 0. The average molecular weight is 260 g/mol. The summed E-state index contributed by atoms with van der Waals surface area (Å²) < 4.78 is 0. The summed E-state index contributed by atoms with van der Waals surface area (Å²) in [6, 6.07) is 5.14. The van der Waals surface area contributed by atoms with Gasteiger partial charge in [0.05, 0.1) is 0 Å². The number of hydrogen-bond donors (Lipinski definition) is 2. The van der Waals surface area contributed by atoms with Gasteiger partial charge in [0.2, 0.25) is 0 Å². The minimum Gasteiger partial charge on any atom is -0.271 e. The van der Waals surface area contributed by atoms with E-state index in [-0.39, 0.29) is 5.41 Å². The molecule has 2 nitrogen and oxygen atoms in total. The van der Waals surface area contributed by atoms with Crippen molar-refractivity contribution in [3.8, 4) is 0 Å². The molecule has 1 fully saturated rings. The van der Waals surface area contributed by atoms with Gasteiger partial charge in [-0.25, -0.2) is 0 Å². The van der Waals surface area contributed by atoms with Crippen molar-refractivity contribution in [2.24, 2.45) is 11.8 Å². The van der Waals surface area contributed by atoms with Gasteiger partial charge in [0.1, 0.15) is 0 Å². The van der Waals surface area contributed by atoms with Crippen LogP contribution in [0.3, 0.4) is 0 Å². The minimum absolute atomic E-state index is 0.218. The molecule has 2 heteroatoms. The fourth-order valence-corrected chi connectivity index (χ4v) is 2.83. The molecule has 0 radical (unpaired) electrons. The molecular formula is C17H28N2. The van der Waals surface area contributed by atoms with Crippen molar-refractivity contribution < 1.29 is 0 Å². The lowest BCUT2D eigenvalue weighted by Gasteiger charge is -2.24. The van der Waals surface area contributed by atoms with Crippen molar-refractivity contribution in [3.63, 3.8) is 0 Å². The van der Waals surface area contributed by atoms with Crippen LogP contribution in [0.15, 0.2) is 12.1 Å². The van der Waals surface area contributed by atoms with Gasteiger partial charge >= 0.3 is 0 Å². The molecule has 0 aromatic heterocycles. The maximum Gasteiger partial charge on any atom is 0.0279 e. The van der Waals surface area contributed by atoms with E-state index in [1.807, 2.05) is 0 Å². The molecule has 1 atom stereocenters. The summed E-state index contributed by atoms with van der Waals surface area (Å²) in [5.74, 6) is 6.49. The summed E-state index contributed by atoms with van der Waals surface area (Å²) in [5, 5.41) is 0. The molecule has 3 N–H and O–H groups in total. The number of hydrogen-bond acceptors (Lipinski definition) is 2. The van der Waals surface area contributed by atoms with Crippen LogP contribution in [0.5, 0.6) is 0 Å². The molecule has 0 amide bonds. The third-order valence-electron chi connectivity index (χ3n) is 4.39. The molecule has 1 unspecified atom stereocenters. The van der Waals surface area contributed by atoms with Gasteiger partial charge < -0.3 is 0 Å². The van der Waals surface area contributed by atoms with Crippen LogP contribution in [0.4, 0.5) is 0 Å². The van der Waals surface area contributed by atoms with E-state index in [9.17, 15) is 0 Å². The van der Waals surface area contributed by atoms with Gasteiger partial charge in [-0.2, -0.15) is 0 Å². The zero-order valence-corrected chi connectivity index (χ0v) is 13.0. The van der Waals surface area contributed by atoms with Gasteiger partial charge in [-0.15, -0.1) is 0 Å². The smallest absolute Gasteiger partial charge is 0.0279 e. The van der Waals surface area contributed by atoms with Gasteiger partial charge in [0.15, 0.2) is 0 Å². The lowest BCUT2D eigenvalue weighted by atomic mass is 9.82. The number of nitrogens with one attached hydrogen (secondary N) is 1. The van der Waals surface area contributed by atoms with Gasteiger partial charge in [-0.1, -0.05) is 32.9 Å². The molecule has 1 aromatic carbocycles. The first-order valence-corrected chi connectivity index (χ1v) is 7.39. The Balaban J connectivity index is 2.26. The quantitative estimate of drug-likeness (QED) is 0.643. The Morgan fingerprint density at radius 3 is 2.11 bits per heavy atom. The second-order valence-electron chi connectivity index (χ2n) is 7.15. The number of benzene rings is 1. The summed E-state index contributed by atoms with van der Waals surface area (Å²) in [5.41, 5.74) is 8.95. The Morgan fingerprint density at radius 2 is 1.74 bits per heavy atom. The molecule has 19 heavy (non-hydrogen) atoms. The van der Waals surface area contributed by atoms with E-state index < -0.39 is 0 Å². The van der Waals surface area contributed by atoms with Crippen LogP contribution in [-0.4, -0.2) is 6.04 Å². The third kappa shape index (κ3) is 3.37. The molecule has 1 aliphatic rings. The number of rotatable bonds is 4. The molecule has 0 saturated heterocycles. The average Bonchev–Trinajstić information content (AvgIpc) is 3.11. The fraction of sp³-hybridized carbons (Fsp3) is 0.647.